The fraction of sp³-hybridized carbons (Fsp3) is 0.143. The van der Waals surface area contributed by atoms with Crippen molar-refractivity contribution in [3.05, 3.63) is 52.4 Å². The Hall–Kier alpha value is -2.76. The van der Waals surface area contributed by atoms with Gasteiger partial charge in [0.2, 0.25) is 0 Å². The molecule has 1 aromatic carbocycles. The smallest absolute Gasteiger partial charge is 0.281 e. The lowest BCUT2D eigenvalue weighted by atomic mass is 10.2. The molecule has 6 nitrogen and oxygen atoms in total. The molecule has 0 unspecified atom stereocenters. The summed E-state index contributed by atoms with van der Waals surface area (Å²) in [5.41, 5.74) is 8.41. The largest absolute Gasteiger partial charge is 0.382 e. The van der Waals surface area contributed by atoms with Gasteiger partial charge in [0.25, 0.3) is 5.56 Å². The van der Waals surface area contributed by atoms with Crippen LogP contribution in [-0.4, -0.2) is 19.6 Å². The molecule has 0 spiro atoms. The topological polar surface area (TPSA) is 81.6 Å². The lowest BCUT2D eigenvalue weighted by Gasteiger charge is -2.07. The normalized spacial score (nSPS) is 10.9. The van der Waals surface area contributed by atoms with E-state index in [1.54, 1.807) is 10.7 Å². The second kappa shape index (κ2) is 4.41. The number of hydrogen-bond donors (Lipinski definition) is 2. The van der Waals surface area contributed by atoms with E-state index in [-0.39, 0.29) is 5.56 Å². The number of nitrogens with zero attached hydrogens (tertiary/aromatic N) is 3. The molecule has 3 aromatic rings. The van der Waals surface area contributed by atoms with Gasteiger partial charge in [-0.1, -0.05) is 18.2 Å². The zero-order valence-corrected chi connectivity index (χ0v) is 11.3. The Balaban J connectivity index is 2.28. The highest BCUT2D eigenvalue weighted by Crippen LogP contribution is 2.20. The Bertz CT molecular complexity index is 810. The molecule has 0 saturated carbocycles. The summed E-state index contributed by atoms with van der Waals surface area (Å²) < 4.78 is 3.45. The molecule has 2 heterocycles. The number of aromatic nitrogens is 4. The number of benzene rings is 1. The summed E-state index contributed by atoms with van der Waals surface area (Å²) in [6.07, 6.45) is 0. The minimum Gasteiger partial charge on any atom is -0.382 e. The highest BCUT2D eigenvalue weighted by Gasteiger charge is 2.18. The SMILES string of the molecule is Cc1c(-c2cc(N)n[nH]2)c(=O)n(-c2ccccc2)n1C. The Morgan fingerprint density at radius 1 is 1.25 bits per heavy atom. The fourth-order valence-corrected chi connectivity index (χ4v) is 2.34. The number of nitrogen functional groups attached to an aromatic ring is 1. The van der Waals surface area contributed by atoms with Crippen LogP contribution in [0.3, 0.4) is 0 Å². The predicted octanol–water partition coefficient (Wildman–Crippen LogP) is 1.46. The number of rotatable bonds is 2. The van der Waals surface area contributed by atoms with Crippen LogP contribution in [0.25, 0.3) is 16.9 Å². The number of aromatic amines is 1. The number of nitrogens with one attached hydrogen (secondary N) is 1. The van der Waals surface area contributed by atoms with Gasteiger partial charge < -0.3 is 5.73 Å². The van der Waals surface area contributed by atoms with Gasteiger partial charge in [0, 0.05) is 18.8 Å². The second-order valence-corrected chi connectivity index (χ2v) is 4.64. The summed E-state index contributed by atoms with van der Waals surface area (Å²) in [5.74, 6) is 0.369. The van der Waals surface area contributed by atoms with E-state index in [9.17, 15) is 4.79 Å². The third-order valence-electron chi connectivity index (χ3n) is 3.42. The van der Waals surface area contributed by atoms with Gasteiger partial charge in [-0.05, 0) is 19.1 Å². The zero-order valence-electron chi connectivity index (χ0n) is 11.3. The van der Waals surface area contributed by atoms with Crippen LogP contribution in [0.1, 0.15) is 5.69 Å². The maximum absolute atomic E-state index is 12.7. The van der Waals surface area contributed by atoms with E-state index >= 15 is 0 Å². The first-order valence-corrected chi connectivity index (χ1v) is 6.25. The lowest BCUT2D eigenvalue weighted by Crippen LogP contribution is -2.20. The van der Waals surface area contributed by atoms with E-state index in [0.717, 1.165) is 11.4 Å². The van der Waals surface area contributed by atoms with E-state index in [1.165, 1.54) is 0 Å². The van der Waals surface area contributed by atoms with Crippen LogP contribution in [0.5, 0.6) is 0 Å². The summed E-state index contributed by atoms with van der Waals surface area (Å²) in [4.78, 5) is 12.7. The van der Waals surface area contributed by atoms with Crippen LogP contribution < -0.4 is 11.3 Å². The Kier molecular flexibility index (Phi) is 2.71. The summed E-state index contributed by atoms with van der Waals surface area (Å²) in [5, 5.41) is 6.68. The van der Waals surface area contributed by atoms with Crippen molar-refractivity contribution >= 4 is 5.82 Å². The van der Waals surface area contributed by atoms with Crippen molar-refractivity contribution in [1.29, 1.82) is 0 Å². The number of para-hydroxylation sites is 1. The average molecular weight is 269 g/mol. The Morgan fingerprint density at radius 3 is 2.55 bits per heavy atom. The molecule has 0 saturated heterocycles. The molecule has 102 valence electrons. The van der Waals surface area contributed by atoms with Gasteiger partial charge in [-0.15, -0.1) is 0 Å². The first kappa shape index (κ1) is 12.3. The summed E-state index contributed by atoms with van der Waals surface area (Å²) in [6.45, 7) is 1.90. The molecule has 0 amide bonds. The average Bonchev–Trinajstić information content (AvgIpc) is 2.94. The third-order valence-corrected chi connectivity index (χ3v) is 3.42. The number of hydrogen-bond acceptors (Lipinski definition) is 3. The summed E-state index contributed by atoms with van der Waals surface area (Å²) in [6, 6.07) is 11.2. The second-order valence-electron chi connectivity index (χ2n) is 4.64. The molecule has 0 bridgehead atoms. The monoisotopic (exact) mass is 269 g/mol. The van der Waals surface area contributed by atoms with E-state index in [2.05, 4.69) is 10.2 Å². The van der Waals surface area contributed by atoms with Gasteiger partial charge in [-0.2, -0.15) is 5.10 Å². The summed E-state index contributed by atoms with van der Waals surface area (Å²) in [7, 11) is 1.85. The quantitative estimate of drug-likeness (QED) is 0.739. The molecule has 0 radical (unpaired) electrons. The molecular formula is C14H15N5O. The van der Waals surface area contributed by atoms with Crippen molar-refractivity contribution in [2.75, 3.05) is 5.73 Å². The Labute approximate surface area is 115 Å². The molecule has 3 N–H and O–H groups in total. The third kappa shape index (κ3) is 1.73. The van der Waals surface area contributed by atoms with Crippen LogP contribution in [0.4, 0.5) is 5.82 Å². The van der Waals surface area contributed by atoms with Crippen LogP contribution in [0.2, 0.25) is 0 Å². The first-order chi connectivity index (χ1) is 9.59. The Morgan fingerprint density at radius 2 is 1.95 bits per heavy atom. The van der Waals surface area contributed by atoms with Crippen molar-refractivity contribution in [3.63, 3.8) is 0 Å². The minimum atomic E-state index is -0.0974. The first-order valence-electron chi connectivity index (χ1n) is 6.25. The van der Waals surface area contributed by atoms with Gasteiger partial charge in [0.1, 0.15) is 5.82 Å². The highest BCUT2D eigenvalue weighted by molar-refractivity contribution is 5.64. The predicted molar refractivity (Wildman–Crippen MR) is 77.7 cm³/mol. The van der Waals surface area contributed by atoms with E-state index < -0.39 is 0 Å². The van der Waals surface area contributed by atoms with Crippen molar-refractivity contribution in [2.24, 2.45) is 7.05 Å². The van der Waals surface area contributed by atoms with Crippen molar-refractivity contribution in [2.45, 2.75) is 6.92 Å². The number of H-pyrrole nitrogens is 1. The molecule has 0 aliphatic rings. The van der Waals surface area contributed by atoms with E-state index in [0.29, 0.717) is 17.1 Å². The van der Waals surface area contributed by atoms with Crippen LogP contribution in [0, 0.1) is 6.92 Å². The molecule has 20 heavy (non-hydrogen) atoms. The molecule has 2 aromatic heterocycles. The molecule has 0 fully saturated rings. The standard InChI is InChI=1S/C14H15N5O/c1-9-13(11-8-12(15)17-16-11)14(20)19(18(9)2)10-6-4-3-5-7-10/h3-8H,1-2H3,(H3,15,16,17). The van der Waals surface area contributed by atoms with Gasteiger partial charge in [-0.25, -0.2) is 4.68 Å². The minimum absolute atomic E-state index is 0.0974. The highest BCUT2D eigenvalue weighted by atomic mass is 16.1. The van der Waals surface area contributed by atoms with Crippen molar-refractivity contribution in [3.8, 4) is 16.9 Å². The number of anilines is 1. The molecule has 3 rings (SSSR count). The fourth-order valence-electron chi connectivity index (χ4n) is 2.34. The maximum atomic E-state index is 12.7. The molecule has 0 aliphatic carbocycles. The molecule has 0 aliphatic heterocycles. The van der Waals surface area contributed by atoms with Gasteiger partial charge in [0.05, 0.1) is 16.9 Å². The summed E-state index contributed by atoms with van der Waals surface area (Å²) >= 11 is 0. The van der Waals surface area contributed by atoms with Crippen LogP contribution in [-0.2, 0) is 7.05 Å². The van der Waals surface area contributed by atoms with Gasteiger partial charge in [-0.3, -0.25) is 14.6 Å². The maximum Gasteiger partial charge on any atom is 0.281 e. The molecular weight excluding hydrogens is 254 g/mol. The number of nitrogens with two attached hydrogens (primary N) is 1. The van der Waals surface area contributed by atoms with Crippen molar-refractivity contribution < 1.29 is 0 Å². The molecule has 0 atom stereocenters. The zero-order chi connectivity index (χ0) is 14.3. The van der Waals surface area contributed by atoms with E-state index in [4.69, 9.17) is 5.73 Å². The van der Waals surface area contributed by atoms with Gasteiger partial charge in [0.15, 0.2) is 0 Å². The van der Waals surface area contributed by atoms with Gasteiger partial charge >= 0.3 is 0 Å². The lowest BCUT2D eigenvalue weighted by molar-refractivity contribution is 0.630. The molecule has 6 heteroatoms. The van der Waals surface area contributed by atoms with Crippen LogP contribution in [0.15, 0.2) is 41.2 Å². The van der Waals surface area contributed by atoms with Crippen molar-refractivity contribution in [1.82, 2.24) is 19.6 Å². The van der Waals surface area contributed by atoms with E-state index in [1.807, 2.05) is 49.0 Å². The van der Waals surface area contributed by atoms with Crippen LogP contribution >= 0.6 is 0 Å².